The molecule has 0 radical (unpaired) electrons. The first kappa shape index (κ1) is 15.2. The molecule has 2 rings (SSSR count). The van der Waals surface area contributed by atoms with Crippen LogP contribution in [0.2, 0.25) is 0 Å². The Morgan fingerprint density at radius 1 is 1.10 bits per heavy atom. The molecule has 0 spiro atoms. The molecule has 0 bridgehead atoms. The molecular weight excluding hydrogens is 256 g/mol. The summed E-state index contributed by atoms with van der Waals surface area (Å²) in [6.45, 7) is 6.60. The Kier molecular flexibility index (Phi) is 5.43. The van der Waals surface area contributed by atoms with Crippen molar-refractivity contribution in [2.75, 3.05) is 18.0 Å². The molecule has 0 aliphatic heterocycles. The van der Waals surface area contributed by atoms with E-state index < -0.39 is 0 Å². The van der Waals surface area contributed by atoms with Crippen molar-refractivity contribution in [3.8, 4) is 11.8 Å². The Bertz CT molecular complexity index is 650. The average Bonchev–Trinajstić information content (AvgIpc) is 2.52. The van der Waals surface area contributed by atoms with E-state index in [1.165, 1.54) is 16.8 Å². The third-order valence-electron chi connectivity index (χ3n) is 3.47. The Morgan fingerprint density at radius 2 is 1.90 bits per heavy atom. The first-order valence-corrected chi connectivity index (χ1v) is 7.33. The molecule has 0 saturated heterocycles. The Morgan fingerprint density at radius 3 is 2.62 bits per heavy atom. The summed E-state index contributed by atoms with van der Waals surface area (Å²) in [6.07, 6.45) is 0. The van der Waals surface area contributed by atoms with Gasteiger partial charge in [-0.15, -0.1) is 0 Å². The number of benzene rings is 2. The number of hydrogen-bond donors (Lipinski definition) is 1. The van der Waals surface area contributed by atoms with Gasteiger partial charge in [0.15, 0.2) is 0 Å². The Balaban J connectivity index is 2.21. The standard InChI is InChI=1S/C19H22N2/c1-3-21(19-12-5-4-8-16(19)2)15-18-10-6-9-17(14-18)11-7-13-20/h4-6,8-10,12,14H,3,13,15,20H2,1-2H3. The highest BCUT2D eigenvalue weighted by Gasteiger charge is 2.07. The van der Waals surface area contributed by atoms with Gasteiger partial charge >= 0.3 is 0 Å². The smallest absolute Gasteiger partial charge is 0.0555 e. The largest absolute Gasteiger partial charge is 0.367 e. The van der Waals surface area contributed by atoms with E-state index in [0.29, 0.717) is 6.54 Å². The van der Waals surface area contributed by atoms with Gasteiger partial charge in [-0.05, 0) is 43.2 Å². The third-order valence-corrected chi connectivity index (χ3v) is 3.47. The minimum absolute atomic E-state index is 0.397. The molecular formula is C19H22N2. The molecule has 2 aromatic carbocycles. The summed E-state index contributed by atoms with van der Waals surface area (Å²) in [4.78, 5) is 2.38. The van der Waals surface area contributed by atoms with E-state index in [4.69, 9.17) is 5.73 Å². The second-order valence-electron chi connectivity index (χ2n) is 5.01. The molecule has 108 valence electrons. The van der Waals surface area contributed by atoms with Crippen LogP contribution in [0.5, 0.6) is 0 Å². The summed E-state index contributed by atoms with van der Waals surface area (Å²) in [7, 11) is 0. The van der Waals surface area contributed by atoms with Gasteiger partial charge in [-0.25, -0.2) is 0 Å². The summed E-state index contributed by atoms with van der Waals surface area (Å²) < 4.78 is 0. The first-order valence-electron chi connectivity index (χ1n) is 7.33. The van der Waals surface area contributed by atoms with E-state index in [-0.39, 0.29) is 0 Å². The SMILES string of the molecule is CCN(Cc1cccc(C#CCN)c1)c1ccccc1C. The van der Waals surface area contributed by atoms with Crippen molar-refractivity contribution < 1.29 is 0 Å². The molecule has 21 heavy (non-hydrogen) atoms. The van der Waals surface area contributed by atoms with Crippen LogP contribution in [0.3, 0.4) is 0 Å². The van der Waals surface area contributed by atoms with Gasteiger partial charge in [0.25, 0.3) is 0 Å². The van der Waals surface area contributed by atoms with Crippen molar-refractivity contribution in [2.45, 2.75) is 20.4 Å². The molecule has 0 atom stereocenters. The molecule has 0 heterocycles. The number of anilines is 1. The van der Waals surface area contributed by atoms with Gasteiger partial charge < -0.3 is 10.6 Å². The van der Waals surface area contributed by atoms with Crippen molar-refractivity contribution in [1.29, 1.82) is 0 Å². The maximum Gasteiger partial charge on any atom is 0.0555 e. The highest BCUT2D eigenvalue weighted by molar-refractivity contribution is 5.53. The molecule has 2 heteroatoms. The van der Waals surface area contributed by atoms with E-state index in [2.05, 4.69) is 73.1 Å². The van der Waals surface area contributed by atoms with Crippen molar-refractivity contribution in [1.82, 2.24) is 0 Å². The summed E-state index contributed by atoms with van der Waals surface area (Å²) in [6, 6.07) is 16.9. The van der Waals surface area contributed by atoms with Gasteiger partial charge in [0.05, 0.1) is 6.54 Å². The average molecular weight is 278 g/mol. The van der Waals surface area contributed by atoms with E-state index >= 15 is 0 Å². The zero-order valence-corrected chi connectivity index (χ0v) is 12.8. The van der Waals surface area contributed by atoms with Crippen LogP contribution in [-0.4, -0.2) is 13.1 Å². The monoisotopic (exact) mass is 278 g/mol. The molecule has 2 nitrogen and oxygen atoms in total. The lowest BCUT2D eigenvalue weighted by molar-refractivity contribution is 0.828. The zero-order chi connectivity index (χ0) is 15.1. The fraction of sp³-hybridized carbons (Fsp3) is 0.263. The van der Waals surface area contributed by atoms with Crippen LogP contribution in [-0.2, 0) is 6.54 Å². The second kappa shape index (κ2) is 7.52. The van der Waals surface area contributed by atoms with Crippen LogP contribution < -0.4 is 10.6 Å². The molecule has 0 fully saturated rings. The van der Waals surface area contributed by atoms with Crippen molar-refractivity contribution >= 4 is 5.69 Å². The third kappa shape index (κ3) is 4.11. The van der Waals surface area contributed by atoms with E-state index in [0.717, 1.165) is 18.7 Å². The fourth-order valence-corrected chi connectivity index (χ4v) is 2.41. The molecule has 2 aromatic rings. The molecule has 0 aliphatic carbocycles. The second-order valence-corrected chi connectivity index (χ2v) is 5.01. The van der Waals surface area contributed by atoms with Gasteiger partial charge in [0.2, 0.25) is 0 Å². The van der Waals surface area contributed by atoms with Crippen LogP contribution >= 0.6 is 0 Å². The number of aryl methyl sites for hydroxylation is 1. The van der Waals surface area contributed by atoms with Gasteiger partial charge in [-0.2, -0.15) is 0 Å². The topological polar surface area (TPSA) is 29.3 Å². The van der Waals surface area contributed by atoms with E-state index in [9.17, 15) is 0 Å². The molecule has 0 saturated carbocycles. The number of nitrogens with two attached hydrogens (primary N) is 1. The van der Waals surface area contributed by atoms with Gasteiger partial charge in [-0.1, -0.05) is 42.2 Å². The molecule has 2 N–H and O–H groups in total. The summed E-state index contributed by atoms with van der Waals surface area (Å²) in [5.74, 6) is 6.00. The van der Waals surface area contributed by atoms with Crippen molar-refractivity contribution in [3.63, 3.8) is 0 Å². The summed E-state index contributed by atoms with van der Waals surface area (Å²) in [5, 5.41) is 0. The van der Waals surface area contributed by atoms with Crippen LogP contribution in [0.4, 0.5) is 5.69 Å². The van der Waals surface area contributed by atoms with Crippen molar-refractivity contribution in [3.05, 3.63) is 65.2 Å². The number of hydrogen-bond acceptors (Lipinski definition) is 2. The summed E-state index contributed by atoms with van der Waals surface area (Å²) in [5.41, 5.74) is 10.3. The van der Waals surface area contributed by atoms with Crippen LogP contribution in [0.25, 0.3) is 0 Å². The number of nitrogens with zero attached hydrogens (tertiary/aromatic N) is 1. The minimum Gasteiger partial charge on any atom is -0.367 e. The van der Waals surface area contributed by atoms with E-state index in [1.54, 1.807) is 0 Å². The summed E-state index contributed by atoms with van der Waals surface area (Å²) >= 11 is 0. The number of rotatable bonds is 4. The quantitative estimate of drug-likeness (QED) is 0.869. The molecule has 0 amide bonds. The highest BCUT2D eigenvalue weighted by atomic mass is 15.1. The Hall–Kier alpha value is -2.24. The first-order chi connectivity index (χ1) is 10.2. The predicted octanol–water partition coefficient (Wildman–Crippen LogP) is 3.33. The maximum absolute atomic E-state index is 5.43. The fourth-order valence-electron chi connectivity index (χ4n) is 2.41. The van der Waals surface area contributed by atoms with Gasteiger partial charge in [0, 0.05) is 24.3 Å². The minimum atomic E-state index is 0.397. The van der Waals surface area contributed by atoms with Crippen LogP contribution in [0.1, 0.15) is 23.6 Å². The lowest BCUT2D eigenvalue weighted by atomic mass is 10.1. The lowest BCUT2D eigenvalue weighted by Gasteiger charge is -2.25. The normalized spacial score (nSPS) is 9.86. The molecule has 0 unspecified atom stereocenters. The number of para-hydroxylation sites is 1. The van der Waals surface area contributed by atoms with Crippen LogP contribution in [0.15, 0.2) is 48.5 Å². The Labute approximate surface area is 127 Å². The van der Waals surface area contributed by atoms with Crippen molar-refractivity contribution in [2.24, 2.45) is 5.73 Å². The zero-order valence-electron chi connectivity index (χ0n) is 12.8. The van der Waals surface area contributed by atoms with Gasteiger partial charge in [0.1, 0.15) is 0 Å². The van der Waals surface area contributed by atoms with E-state index in [1.807, 2.05) is 6.07 Å². The lowest BCUT2D eigenvalue weighted by Crippen LogP contribution is -2.22. The van der Waals surface area contributed by atoms with Gasteiger partial charge in [-0.3, -0.25) is 0 Å². The maximum atomic E-state index is 5.43. The predicted molar refractivity (Wildman–Crippen MR) is 90.3 cm³/mol. The highest BCUT2D eigenvalue weighted by Crippen LogP contribution is 2.21. The molecule has 0 aromatic heterocycles. The molecule has 0 aliphatic rings. The van der Waals surface area contributed by atoms with Crippen LogP contribution in [0, 0.1) is 18.8 Å².